The smallest absolute Gasteiger partial charge is 0.173 e. The van der Waals surface area contributed by atoms with Gasteiger partial charge in [-0.15, -0.1) is 0 Å². The van der Waals surface area contributed by atoms with Crippen LogP contribution in [-0.2, 0) is 9.84 Å². The molecular weight excluding hydrogens is 150 g/mol. The van der Waals surface area contributed by atoms with E-state index in [1.807, 2.05) is 6.92 Å². The van der Waals surface area contributed by atoms with E-state index in [-0.39, 0.29) is 5.75 Å². The van der Waals surface area contributed by atoms with Crippen LogP contribution < -0.4 is 5.32 Å². The molecule has 0 aliphatic heterocycles. The van der Waals surface area contributed by atoms with Gasteiger partial charge in [-0.1, -0.05) is 6.92 Å². The largest absolute Gasteiger partial charge is 0.393 e. The second-order valence-corrected chi connectivity index (χ2v) is 3.96. The standard InChI is InChI=1S/C6H13NO2S/c1-3-5-10(8,9)6-4-7-2/h4,6-7H,3,5H2,1-2H3/b6-4-. The predicted molar refractivity (Wildman–Crippen MR) is 42.3 cm³/mol. The van der Waals surface area contributed by atoms with E-state index < -0.39 is 9.84 Å². The van der Waals surface area contributed by atoms with E-state index in [1.165, 1.54) is 11.6 Å². The summed E-state index contributed by atoms with van der Waals surface area (Å²) >= 11 is 0. The molecule has 0 aromatic carbocycles. The normalized spacial score (nSPS) is 12.2. The van der Waals surface area contributed by atoms with Crippen LogP contribution in [0.1, 0.15) is 13.3 Å². The monoisotopic (exact) mass is 163 g/mol. The highest BCUT2D eigenvalue weighted by atomic mass is 32.2. The molecule has 0 aliphatic carbocycles. The Morgan fingerprint density at radius 3 is 2.50 bits per heavy atom. The fraction of sp³-hybridized carbons (Fsp3) is 0.667. The van der Waals surface area contributed by atoms with Crippen molar-refractivity contribution in [2.75, 3.05) is 12.8 Å². The lowest BCUT2D eigenvalue weighted by atomic mass is 10.6. The Bertz CT molecular complexity index is 194. The summed E-state index contributed by atoms with van der Waals surface area (Å²) < 4.78 is 21.7. The Morgan fingerprint density at radius 1 is 1.50 bits per heavy atom. The number of hydrogen-bond donors (Lipinski definition) is 1. The Hall–Kier alpha value is -0.510. The van der Waals surface area contributed by atoms with E-state index in [0.29, 0.717) is 6.42 Å². The summed E-state index contributed by atoms with van der Waals surface area (Å²) in [4.78, 5) is 0. The molecule has 0 heterocycles. The highest BCUT2D eigenvalue weighted by molar-refractivity contribution is 7.94. The third-order valence-corrected chi connectivity index (χ3v) is 2.46. The first-order chi connectivity index (χ1) is 4.62. The van der Waals surface area contributed by atoms with E-state index in [0.717, 1.165) is 0 Å². The summed E-state index contributed by atoms with van der Waals surface area (Å²) in [6, 6.07) is 0. The van der Waals surface area contributed by atoms with Crippen LogP contribution in [0.3, 0.4) is 0 Å². The molecule has 0 aliphatic rings. The molecule has 0 saturated heterocycles. The highest BCUT2D eigenvalue weighted by Gasteiger charge is 2.01. The second kappa shape index (κ2) is 4.33. The van der Waals surface area contributed by atoms with Crippen molar-refractivity contribution >= 4 is 9.84 Å². The van der Waals surface area contributed by atoms with E-state index in [9.17, 15) is 8.42 Å². The Morgan fingerprint density at radius 2 is 2.10 bits per heavy atom. The fourth-order valence-corrected chi connectivity index (χ4v) is 1.57. The van der Waals surface area contributed by atoms with Gasteiger partial charge in [0.05, 0.1) is 5.75 Å². The summed E-state index contributed by atoms with van der Waals surface area (Å²) in [5.74, 6) is 0.227. The maximum atomic E-state index is 10.9. The SMILES string of the molecule is CCCS(=O)(=O)/C=C\NC. The van der Waals surface area contributed by atoms with Gasteiger partial charge >= 0.3 is 0 Å². The maximum absolute atomic E-state index is 10.9. The average Bonchev–Trinajstić information content (AvgIpc) is 1.84. The first-order valence-corrected chi connectivity index (χ1v) is 4.90. The third kappa shape index (κ3) is 4.38. The van der Waals surface area contributed by atoms with Gasteiger partial charge in [0.2, 0.25) is 0 Å². The average molecular weight is 163 g/mol. The molecule has 0 fully saturated rings. The summed E-state index contributed by atoms with van der Waals surface area (Å²) in [7, 11) is -1.27. The molecule has 10 heavy (non-hydrogen) atoms. The van der Waals surface area contributed by atoms with Gasteiger partial charge in [0.25, 0.3) is 0 Å². The van der Waals surface area contributed by atoms with Crippen LogP contribution in [0.15, 0.2) is 11.6 Å². The lowest BCUT2D eigenvalue weighted by Crippen LogP contribution is -2.02. The molecule has 3 nitrogen and oxygen atoms in total. The first-order valence-electron chi connectivity index (χ1n) is 3.19. The molecule has 0 aromatic rings. The number of rotatable bonds is 4. The molecule has 0 saturated carbocycles. The van der Waals surface area contributed by atoms with Crippen LogP contribution >= 0.6 is 0 Å². The van der Waals surface area contributed by atoms with Crippen LogP contribution in [-0.4, -0.2) is 21.2 Å². The molecular formula is C6H13NO2S. The van der Waals surface area contributed by atoms with Crippen molar-refractivity contribution < 1.29 is 8.42 Å². The lowest BCUT2D eigenvalue weighted by Gasteiger charge is -1.92. The Kier molecular flexibility index (Phi) is 4.11. The van der Waals surface area contributed by atoms with Gasteiger partial charge in [0, 0.05) is 18.7 Å². The predicted octanol–water partition coefficient (Wildman–Crippen LogP) is 0.502. The van der Waals surface area contributed by atoms with Crippen molar-refractivity contribution in [1.29, 1.82) is 0 Å². The molecule has 0 unspecified atom stereocenters. The Balaban J connectivity index is 4.01. The zero-order chi connectivity index (χ0) is 8.04. The van der Waals surface area contributed by atoms with Crippen molar-refractivity contribution in [2.45, 2.75) is 13.3 Å². The summed E-state index contributed by atoms with van der Waals surface area (Å²) in [6.07, 6.45) is 2.08. The second-order valence-electron chi connectivity index (χ2n) is 1.96. The summed E-state index contributed by atoms with van der Waals surface area (Å²) in [6.45, 7) is 1.84. The van der Waals surface area contributed by atoms with Crippen molar-refractivity contribution in [3.63, 3.8) is 0 Å². The van der Waals surface area contributed by atoms with Crippen LogP contribution in [0, 0.1) is 0 Å². The topological polar surface area (TPSA) is 46.2 Å². The van der Waals surface area contributed by atoms with E-state index in [2.05, 4.69) is 5.32 Å². The molecule has 0 atom stereocenters. The van der Waals surface area contributed by atoms with Crippen LogP contribution in [0.2, 0.25) is 0 Å². The number of hydrogen-bond acceptors (Lipinski definition) is 3. The van der Waals surface area contributed by atoms with Crippen LogP contribution in [0.5, 0.6) is 0 Å². The molecule has 1 N–H and O–H groups in total. The molecule has 0 radical (unpaired) electrons. The molecule has 4 heteroatoms. The zero-order valence-corrected chi connectivity index (χ0v) is 7.11. The molecule has 0 amide bonds. The van der Waals surface area contributed by atoms with Gasteiger partial charge in [-0.3, -0.25) is 0 Å². The van der Waals surface area contributed by atoms with Crippen molar-refractivity contribution in [1.82, 2.24) is 5.32 Å². The number of nitrogens with one attached hydrogen (secondary N) is 1. The van der Waals surface area contributed by atoms with E-state index in [4.69, 9.17) is 0 Å². The van der Waals surface area contributed by atoms with Gasteiger partial charge in [0.1, 0.15) is 0 Å². The molecule has 0 rings (SSSR count). The molecule has 0 spiro atoms. The Labute approximate surface area is 62.0 Å². The van der Waals surface area contributed by atoms with Gasteiger partial charge in [-0.05, 0) is 6.42 Å². The van der Waals surface area contributed by atoms with E-state index >= 15 is 0 Å². The number of sulfone groups is 1. The first kappa shape index (κ1) is 9.49. The molecule has 0 aromatic heterocycles. The molecule has 0 bridgehead atoms. The quantitative estimate of drug-likeness (QED) is 0.656. The fourth-order valence-electron chi connectivity index (χ4n) is 0.524. The van der Waals surface area contributed by atoms with Crippen molar-refractivity contribution in [3.8, 4) is 0 Å². The lowest BCUT2D eigenvalue weighted by molar-refractivity contribution is 0.603. The maximum Gasteiger partial charge on any atom is 0.173 e. The van der Waals surface area contributed by atoms with Gasteiger partial charge < -0.3 is 5.32 Å². The van der Waals surface area contributed by atoms with Crippen LogP contribution in [0.25, 0.3) is 0 Å². The summed E-state index contributed by atoms with van der Waals surface area (Å²) in [5, 5.41) is 3.81. The van der Waals surface area contributed by atoms with Gasteiger partial charge in [-0.25, -0.2) is 8.42 Å². The van der Waals surface area contributed by atoms with Crippen molar-refractivity contribution in [2.24, 2.45) is 0 Å². The minimum Gasteiger partial charge on any atom is -0.393 e. The minimum absolute atomic E-state index is 0.227. The van der Waals surface area contributed by atoms with Gasteiger partial charge in [0.15, 0.2) is 9.84 Å². The highest BCUT2D eigenvalue weighted by Crippen LogP contribution is 1.93. The van der Waals surface area contributed by atoms with Crippen LogP contribution in [0.4, 0.5) is 0 Å². The van der Waals surface area contributed by atoms with Crippen molar-refractivity contribution in [3.05, 3.63) is 11.6 Å². The van der Waals surface area contributed by atoms with Gasteiger partial charge in [-0.2, -0.15) is 0 Å². The summed E-state index contributed by atoms with van der Waals surface area (Å²) in [5.41, 5.74) is 0. The van der Waals surface area contributed by atoms with E-state index in [1.54, 1.807) is 7.05 Å². The molecule has 60 valence electrons. The minimum atomic E-state index is -2.94. The third-order valence-electron chi connectivity index (χ3n) is 0.931. The zero-order valence-electron chi connectivity index (χ0n) is 6.29.